The first-order valence-electron chi connectivity index (χ1n) is 9.69. The Morgan fingerprint density at radius 2 is 1.77 bits per heavy atom. The van der Waals surface area contributed by atoms with Crippen LogP contribution in [0.2, 0.25) is 5.15 Å². The summed E-state index contributed by atoms with van der Waals surface area (Å²) in [5.74, 6) is -1.53. The lowest BCUT2D eigenvalue weighted by atomic mass is 9.91. The van der Waals surface area contributed by atoms with Gasteiger partial charge in [0.1, 0.15) is 5.75 Å². The second-order valence-corrected chi connectivity index (χ2v) is 7.93. The summed E-state index contributed by atoms with van der Waals surface area (Å²) in [5, 5.41) is 27.5. The first kappa shape index (κ1) is 20.8. The molecule has 8 heteroatoms. The zero-order valence-corrected chi connectivity index (χ0v) is 17.6. The number of ether oxygens (including phenoxy) is 1. The molecule has 0 unspecified atom stereocenters. The Labute approximate surface area is 183 Å². The molecule has 1 aliphatic rings. The lowest BCUT2D eigenvalue weighted by Crippen LogP contribution is -2.10. The Kier molecular flexibility index (Phi) is 5.37. The van der Waals surface area contributed by atoms with Crippen LogP contribution in [0.1, 0.15) is 56.2 Å². The van der Waals surface area contributed by atoms with Crippen LogP contribution in [-0.2, 0) is 0 Å². The lowest BCUT2D eigenvalue weighted by molar-refractivity contribution is 0.0695. The summed E-state index contributed by atoms with van der Waals surface area (Å²) in [5.41, 5.74) is 2.11. The van der Waals surface area contributed by atoms with E-state index in [-0.39, 0.29) is 33.3 Å². The smallest absolute Gasteiger partial charge is 0.336 e. The van der Waals surface area contributed by atoms with Crippen LogP contribution in [0.25, 0.3) is 11.1 Å². The molecule has 0 atom stereocenters. The summed E-state index contributed by atoms with van der Waals surface area (Å²) in [7, 11) is 0. The third-order valence-electron chi connectivity index (χ3n) is 5.32. The molecule has 1 aliphatic carbocycles. The number of benzene rings is 2. The van der Waals surface area contributed by atoms with Crippen molar-refractivity contribution in [3.8, 4) is 22.8 Å². The summed E-state index contributed by atoms with van der Waals surface area (Å²) in [6, 6.07) is 10.0. The summed E-state index contributed by atoms with van der Waals surface area (Å²) in [4.78, 5) is 24.0. The molecule has 2 aromatic carbocycles. The van der Waals surface area contributed by atoms with E-state index in [0.29, 0.717) is 17.2 Å². The van der Waals surface area contributed by atoms with Gasteiger partial charge in [0.05, 0.1) is 16.7 Å². The number of carboxylic acids is 2. The van der Waals surface area contributed by atoms with Crippen LogP contribution >= 0.6 is 11.6 Å². The molecule has 0 amide bonds. The zero-order valence-electron chi connectivity index (χ0n) is 16.8. The van der Waals surface area contributed by atoms with Crippen molar-refractivity contribution in [1.82, 2.24) is 10.2 Å². The van der Waals surface area contributed by atoms with Crippen molar-refractivity contribution < 1.29 is 24.5 Å². The van der Waals surface area contributed by atoms with Gasteiger partial charge in [-0.05, 0) is 61.4 Å². The monoisotopic (exact) mass is 438 g/mol. The molecule has 1 saturated carbocycles. The molecule has 7 nitrogen and oxygen atoms in total. The molecule has 0 radical (unpaired) electrons. The van der Waals surface area contributed by atoms with E-state index in [4.69, 9.17) is 16.3 Å². The van der Waals surface area contributed by atoms with E-state index < -0.39 is 11.9 Å². The highest BCUT2D eigenvalue weighted by Gasteiger charge is 2.30. The zero-order chi connectivity index (χ0) is 22.3. The number of aromatic carboxylic acids is 2. The van der Waals surface area contributed by atoms with Crippen molar-refractivity contribution in [1.29, 1.82) is 0 Å². The van der Waals surface area contributed by atoms with Crippen molar-refractivity contribution in [2.45, 2.75) is 32.6 Å². The number of carbonyl (C=O) groups is 2. The Morgan fingerprint density at radius 1 is 1.03 bits per heavy atom. The van der Waals surface area contributed by atoms with Gasteiger partial charge in [-0.15, -0.1) is 10.2 Å². The molecular formula is C23H19ClN2O5. The number of para-hydroxylation sites is 1. The highest BCUT2D eigenvalue weighted by Crippen LogP contribution is 2.47. The normalized spacial score (nSPS) is 13.1. The van der Waals surface area contributed by atoms with Crippen molar-refractivity contribution in [3.63, 3.8) is 0 Å². The van der Waals surface area contributed by atoms with Gasteiger partial charge in [0.2, 0.25) is 5.88 Å². The third kappa shape index (κ3) is 3.96. The first-order chi connectivity index (χ1) is 14.8. The Morgan fingerprint density at radius 3 is 2.42 bits per heavy atom. The summed E-state index contributed by atoms with van der Waals surface area (Å²) < 4.78 is 6.17. The minimum absolute atomic E-state index is 0.00352. The van der Waals surface area contributed by atoms with Gasteiger partial charge in [0.15, 0.2) is 5.15 Å². The predicted molar refractivity (Wildman–Crippen MR) is 114 cm³/mol. The maximum atomic E-state index is 12.0. The van der Waals surface area contributed by atoms with Gasteiger partial charge in [-0.1, -0.05) is 35.9 Å². The molecule has 0 bridgehead atoms. The van der Waals surface area contributed by atoms with Crippen molar-refractivity contribution >= 4 is 23.5 Å². The summed E-state index contributed by atoms with van der Waals surface area (Å²) in [6.45, 7) is 3.50. The highest BCUT2D eigenvalue weighted by molar-refractivity contribution is 6.29. The SMILES string of the molecule is Cc1cccc(C2CC2)c1Oc1nnc(Cl)cc1-c1c(C(=O)O)ccc(C)c1C(=O)O. The molecule has 31 heavy (non-hydrogen) atoms. The molecule has 4 rings (SSSR count). The van der Waals surface area contributed by atoms with Gasteiger partial charge < -0.3 is 14.9 Å². The second-order valence-electron chi connectivity index (χ2n) is 7.55. The van der Waals surface area contributed by atoms with Gasteiger partial charge in [-0.3, -0.25) is 0 Å². The number of rotatable bonds is 6. The van der Waals surface area contributed by atoms with Crippen LogP contribution in [0.5, 0.6) is 11.6 Å². The van der Waals surface area contributed by atoms with Gasteiger partial charge in [-0.2, -0.15) is 0 Å². The topological polar surface area (TPSA) is 110 Å². The number of carboxylic acid groups (broad SMARTS) is 2. The van der Waals surface area contributed by atoms with E-state index in [9.17, 15) is 19.8 Å². The van der Waals surface area contributed by atoms with Crippen LogP contribution in [0.4, 0.5) is 0 Å². The maximum Gasteiger partial charge on any atom is 0.336 e. The Balaban J connectivity index is 1.96. The van der Waals surface area contributed by atoms with Gasteiger partial charge in [0.25, 0.3) is 0 Å². The molecule has 1 fully saturated rings. The van der Waals surface area contributed by atoms with E-state index in [2.05, 4.69) is 10.2 Å². The fourth-order valence-corrected chi connectivity index (χ4v) is 3.83. The van der Waals surface area contributed by atoms with Crippen molar-refractivity contribution in [2.75, 3.05) is 0 Å². The van der Waals surface area contributed by atoms with Crippen molar-refractivity contribution in [3.05, 3.63) is 69.4 Å². The minimum Gasteiger partial charge on any atom is -0.478 e. The van der Waals surface area contributed by atoms with E-state index >= 15 is 0 Å². The third-order valence-corrected chi connectivity index (χ3v) is 5.50. The molecule has 0 saturated heterocycles. The van der Waals surface area contributed by atoms with E-state index in [0.717, 1.165) is 24.0 Å². The number of nitrogens with zero attached hydrogens (tertiary/aromatic N) is 2. The van der Waals surface area contributed by atoms with Crippen LogP contribution in [0.3, 0.4) is 0 Å². The van der Waals surface area contributed by atoms with Gasteiger partial charge in [0, 0.05) is 5.56 Å². The molecular weight excluding hydrogens is 420 g/mol. The Hall–Kier alpha value is -3.45. The Bertz CT molecular complexity index is 1220. The van der Waals surface area contributed by atoms with E-state index in [1.54, 1.807) is 6.92 Å². The van der Waals surface area contributed by atoms with Crippen LogP contribution in [-0.4, -0.2) is 32.3 Å². The summed E-state index contributed by atoms with van der Waals surface area (Å²) >= 11 is 6.07. The highest BCUT2D eigenvalue weighted by atomic mass is 35.5. The second kappa shape index (κ2) is 8.00. The minimum atomic E-state index is -1.27. The number of halogens is 1. The summed E-state index contributed by atoms with van der Waals surface area (Å²) in [6.07, 6.45) is 2.12. The number of aromatic nitrogens is 2. The first-order valence-corrected chi connectivity index (χ1v) is 10.1. The van der Waals surface area contributed by atoms with Crippen LogP contribution < -0.4 is 4.74 Å². The van der Waals surface area contributed by atoms with Crippen LogP contribution in [0.15, 0.2) is 36.4 Å². The van der Waals surface area contributed by atoms with E-state index in [1.165, 1.54) is 18.2 Å². The molecule has 1 heterocycles. The maximum absolute atomic E-state index is 12.0. The fourth-order valence-electron chi connectivity index (χ4n) is 3.68. The predicted octanol–water partition coefficient (Wildman–Crippen LogP) is 5.48. The molecule has 0 spiro atoms. The average molecular weight is 439 g/mol. The molecule has 0 aliphatic heterocycles. The van der Waals surface area contributed by atoms with Gasteiger partial charge >= 0.3 is 11.9 Å². The van der Waals surface area contributed by atoms with Crippen molar-refractivity contribution in [2.24, 2.45) is 0 Å². The lowest BCUT2D eigenvalue weighted by Gasteiger charge is -2.18. The number of hydrogen-bond donors (Lipinski definition) is 2. The fraction of sp³-hybridized carbons (Fsp3) is 0.217. The number of aryl methyl sites for hydroxylation is 2. The molecule has 2 N–H and O–H groups in total. The van der Waals surface area contributed by atoms with Gasteiger partial charge in [-0.25, -0.2) is 9.59 Å². The van der Waals surface area contributed by atoms with E-state index in [1.807, 2.05) is 25.1 Å². The average Bonchev–Trinajstić information content (AvgIpc) is 3.55. The molecule has 3 aromatic rings. The molecule has 158 valence electrons. The van der Waals surface area contributed by atoms with Crippen LogP contribution in [0, 0.1) is 13.8 Å². The quantitative estimate of drug-likeness (QED) is 0.524. The number of hydrogen-bond acceptors (Lipinski definition) is 5. The largest absolute Gasteiger partial charge is 0.478 e. The molecule has 1 aromatic heterocycles. The standard InChI is InChI=1S/C23H19ClN2O5/c1-11-6-9-15(22(27)28)19(18(11)23(29)30)16-10-17(24)25-26-21(16)31-20-12(2)4-3-5-14(20)13-7-8-13/h3-6,9-10,13H,7-8H2,1-2H3,(H,27,28)(H,29,30).